The minimum Gasteiger partial charge on any atom is -0.488 e. The molecule has 5 nitrogen and oxygen atoms in total. The lowest BCUT2D eigenvalue weighted by atomic mass is 10.1. The standard InChI is InChI=1S/C22H18N2O3/c1-16(20-10-4-5-12-24-20)27-22(25)18-9-6-7-17(13-18)15-26-21-11-3-2-8-19(21)14-23/h2-13,16H,15H2,1H3. The molecule has 0 aliphatic heterocycles. The summed E-state index contributed by atoms with van der Waals surface area (Å²) in [7, 11) is 0. The van der Waals surface area contributed by atoms with Crippen molar-refractivity contribution in [3.8, 4) is 11.8 Å². The van der Waals surface area contributed by atoms with Crippen LogP contribution in [0.25, 0.3) is 0 Å². The molecule has 1 unspecified atom stereocenters. The van der Waals surface area contributed by atoms with Gasteiger partial charge in [-0.25, -0.2) is 4.79 Å². The number of pyridine rings is 1. The molecule has 27 heavy (non-hydrogen) atoms. The smallest absolute Gasteiger partial charge is 0.338 e. The average Bonchev–Trinajstić information content (AvgIpc) is 2.73. The number of aromatic nitrogens is 1. The van der Waals surface area contributed by atoms with E-state index in [1.165, 1.54) is 0 Å². The van der Waals surface area contributed by atoms with Gasteiger partial charge in [-0.05, 0) is 48.9 Å². The van der Waals surface area contributed by atoms with Crippen LogP contribution in [0.4, 0.5) is 0 Å². The number of para-hydroxylation sites is 1. The Labute approximate surface area is 157 Å². The first kappa shape index (κ1) is 18.2. The molecular weight excluding hydrogens is 340 g/mol. The largest absolute Gasteiger partial charge is 0.488 e. The highest BCUT2D eigenvalue weighted by atomic mass is 16.5. The number of carbonyl (C=O) groups is 1. The Morgan fingerprint density at radius 1 is 1.11 bits per heavy atom. The number of esters is 1. The van der Waals surface area contributed by atoms with Crippen LogP contribution in [0, 0.1) is 11.3 Å². The van der Waals surface area contributed by atoms with E-state index < -0.39 is 12.1 Å². The Morgan fingerprint density at radius 3 is 2.70 bits per heavy atom. The second kappa shape index (κ2) is 8.63. The Morgan fingerprint density at radius 2 is 1.93 bits per heavy atom. The first-order valence-corrected chi connectivity index (χ1v) is 8.50. The second-order valence-corrected chi connectivity index (χ2v) is 5.90. The molecule has 2 aromatic carbocycles. The molecule has 0 bridgehead atoms. The van der Waals surface area contributed by atoms with Crippen LogP contribution in [0.15, 0.2) is 72.9 Å². The van der Waals surface area contributed by atoms with Crippen LogP contribution in [0.1, 0.15) is 40.2 Å². The first-order valence-electron chi connectivity index (χ1n) is 8.50. The number of benzene rings is 2. The van der Waals surface area contributed by atoms with E-state index in [2.05, 4.69) is 11.1 Å². The highest BCUT2D eigenvalue weighted by Gasteiger charge is 2.15. The molecule has 3 rings (SSSR count). The molecule has 1 atom stereocenters. The lowest BCUT2D eigenvalue weighted by Crippen LogP contribution is -2.10. The van der Waals surface area contributed by atoms with Gasteiger partial charge in [-0.3, -0.25) is 4.98 Å². The summed E-state index contributed by atoms with van der Waals surface area (Å²) in [6.07, 6.45) is 1.22. The number of hydrogen-bond acceptors (Lipinski definition) is 5. The van der Waals surface area contributed by atoms with Crippen molar-refractivity contribution in [3.63, 3.8) is 0 Å². The number of nitriles is 1. The molecule has 3 aromatic rings. The van der Waals surface area contributed by atoms with Crippen LogP contribution in [-0.4, -0.2) is 11.0 Å². The SMILES string of the molecule is CC(OC(=O)c1cccc(COc2ccccc2C#N)c1)c1ccccn1. The molecule has 0 aliphatic carbocycles. The van der Waals surface area contributed by atoms with Crippen molar-refractivity contribution >= 4 is 5.97 Å². The predicted molar refractivity (Wildman–Crippen MR) is 100.0 cm³/mol. The van der Waals surface area contributed by atoms with Gasteiger partial charge >= 0.3 is 5.97 Å². The fourth-order valence-corrected chi connectivity index (χ4v) is 2.54. The third-order valence-corrected chi connectivity index (χ3v) is 3.95. The van der Waals surface area contributed by atoms with Crippen molar-refractivity contribution in [3.05, 3.63) is 95.3 Å². The summed E-state index contributed by atoms with van der Waals surface area (Å²) in [4.78, 5) is 16.6. The van der Waals surface area contributed by atoms with Crippen LogP contribution < -0.4 is 4.74 Å². The van der Waals surface area contributed by atoms with Crippen molar-refractivity contribution in [2.24, 2.45) is 0 Å². The molecular formula is C22H18N2O3. The van der Waals surface area contributed by atoms with Gasteiger partial charge < -0.3 is 9.47 Å². The van der Waals surface area contributed by atoms with Crippen molar-refractivity contribution in [1.82, 2.24) is 4.98 Å². The van der Waals surface area contributed by atoms with Crippen LogP contribution in [0.5, 0.6) is 5.75 Å². The monoisotopic (exact) mass is 358 g/mol. The zero-order valence-electron chi connectivity index (χ0n) is 14.8. The Hall–Kier alpha value is -3.65. The molecule has 0 amide bonds. The summed E-state index contributed by atoms with van der Waals surface area (Å²) < 4.78 is 11.2. The molecule has 5 heteroatoms. The van der Waals surface area contributed by atoms with Crippen LogP contribution in [-0.2, 0) is 11.3 Å². The molecule has 0 fully saturated rings. The van der Waals surface area contributed by atoms with Crippen LogP contribution in [0.2, 0.25) is 0 Å². The number of nitrogens with zero attached hydrogens (tertiary/aromatic N) is 2. The van der Waals surface area contributed by atoms with E-state index in [1.54, 1.807) is 49.5 Å². The summed E-state index contributed by atoms with van der Waals surface area (Å²) in [6, 6.07) is 21.6. The Balaban J connectivity index is 1.66. The van der Waals surface area contributed by atoms with Gasteiger partial charge in [-0.15, -0.1) is 0 Å². The van der Waals surface area contributed by atoms with Crippen LogP contribution in [0.3, 0.4) is 0 Å². The molecule has 1 aromatic heterocycles. The highest BCUT2D eigenvalue weighted by Crippen LogP contribution is 2.20. The van der Waals surface area contributed by atoms with Gasteiger partial charge in [0.05, 0.1) is 16.8 Å². The van der Waals surface area contributed by atoms with E-state index >= 15 is 0 Å². The van der Waals surface area contributed by atoms with Gasteiger partial charge in [0, 0.05) is 6.20 Å². The number of carbonyl (C=O) groups excluding carboxylic acids is 1. The Bertz CT molecular complexity index is 965. The number of rotatable bonds is 6. The molecule has 0 spiro atoms. The average molecular weight is 358 g/mol. The lowest BCUT2D eigenvalue weighted by Gasteiger charge is -2.13. The minimum absolute atomic E-state index is 0.246. The summed E-state index contributed by atoms with van der Waals surface area (Å²) >= 11 is 0. The highest BCUT2D eigenvalue weighted by molar-refractivity contribution is 5.89. The molecule has 0 saturated heterocycles. The summed E-state index contributed by atoms with van der Waals surface area (Å²) in [5.74, 6) is 0.0872. The fraction of sp³-hybridized carbons (Fsp3) is 0.136. The van der Waals surface area contributed by atoms with Crippen LogP contribution >= 0.6 is 0 Å². The summed E-state index contributed by atoms with van der Waals surface area (Å²) in [5.41, 5.74) is 2.41. The van der Waals surface area contributed by atoms with E-state index in [0.717, 1.165) is 5.56 Å². The molecule has 1 heterocycles. The van der Waals surface area contributed by atoms with Crippen molar-refractivity contribution in [2.75, 3.05) is 0 Å². The van der Waals surface area contributed by atoms with E-state index in [9.17, 15) is 4.79 Å². The maximum Gasteiger partial charge on any atom is 0.338 e. The zero-order chi connectivity index (χ0) is 19.1. The van der Waals surface area contributed by atoms with Crippen molar-refractivity contribution in [2.45, 2.75) is 19.6 Å². The van der Waals surface area contributed by atoms with E-state index in [-0.39, 0.29) is 6.61 Å². The second-order valence-electron chi connectivity index (χ2n) is 5.90. The van der Waals surface area contributed by atoms with Gasteiger partial charge in [-0.2, -0.15) is 5.26 Å². The molecule has 0 N–H and O–H groups in total. The van der Waals surface area contributed by atoms with Crippen molar-refractivity contribution in [1.29, 1.82) is 5.26 Å². The van der Waals surface area contributed by atoms with E-state index in [0.29, 0.717) is 22.6 Å². The predicted octanol–water partition coefficient (Wildman–Crippen LogP) is 4.45. The van der Waals surface area contributed by atoms with Gasteiger partial charge in [0.2, 0.25) is 0 Å². The third-order valence-electron chi connectivity index (χ3n) is 3.95. The minimum atomic E-state index is -0.443. The molecule has 0 aliphatic rings. The maximum atomic E-state index is 12.4. The lowest BCUT2D eigenvalue weighted by molar-refractivity contribution is 0.0329. The van der Waals surface area contributed by atoms with E-state index in [4.69, 9.17) is 14.7 Å². The Kier molecular flexibility index (Phi) is 5.80. The van der Waals surface area contributed by atoms with Gasteiger partial charge in [0.25, 0.3) is 0 Å². The van der Waals surface area contributed by atoms with Gasteiger partial charge in [0.15, 0.2) is 0 Å². The summed E-state index contributed by atoms with van der Waals surface area (Å²) in [5, 5.41) is 9.11. The first-order chi connectivity index (χ1) is 13.2. The quantitative estimate of drug-likeness (QED) is 0.609. The van der Waals surface area contributed by atoms with E-state index in [1.807, 2.05) is 30.3 Å². The summed E-state index contributed by atoms with van der Waals surface area (Å²) in [6.45, 7) is 2.03. The normalized spacial score (nSPS) is 11.3. The topological polar surface area (TPSA) is 72.2 Å². The number of hydrogen-bond donors (Lipinski definition) is 0. The molecule has 0 radical (unpaired) electrons. The fourth-order valence-electron chi connectivity index (χ4n) is 2.54. The van der Waals surface area contributed by atoms with Crippen molar-refractivity contribution < 1.29 is 14.3 Å². The molecule has 0 saturated carbocycles. The number of ether oxygens (including phenoxy) is 2. The zero-order valence-corrected chi connectivity index (χ0v) is 14.8. The molecule has 134 valence electrons. The maximum absolute atomic E-state index is 12.4. The van der Waals surface area contributed by atoms with Gasteiger partial charge in [0.1, 0.15) is 24.5 Å². The van der Waals surface area contributed by atoms with Gasteiger partial charge in [-0.1, -0.05) is 30.3 Å². The third kappa shape index (κ3) is 4.71.